The molecule has 36 heavy (non-hydrogen) atoms. The van der Waals surface area contributed by atoms with Gasteiger partial charge in [-0.15, -0.1) is 0 Å². The van der Waals surface area contributed by atoms with E-state index in [1.807, 2.05) is 45.0 Å². The number of methoxy groups -OCH3 is 1. The van der Waals surface area contributed by atoms with Gasteiger partial charge in [-0.2, -0.15) is 0 Å². The van der Waals surface area contributed by atoms with Gasteiger partial charge < -0.3 is 14.6 Å². The minimum absolute atomic E-state index is 0.0320. The molecule has 8 heteroatoms. The number of ketones is 1. The lowest BCUT2D eigenvalue weighted by Crippen LogP contribution is -2.39. The minimum Gasteiger partial charge on any atom is -0.503 e. The van der Waals surface area contributed by atoms with E-state index < -0.39 is 17.8 Å². The molecule has 0 saturated heterocycles. The van der Waals surface area contributed by atoms with Gasteiger partial charge in [-0.3, -0.25) is 14.6 Å². The molecular weight excluding hydrogens is 546 g/mol. The number of benzene rings is 2. The Balaban J connectivity index is 1.83. The number of carbonyl (C=O) groups excluding carboxylic acids is 2. The van der Waals surface area contributed by atoms with Gasteiger partial charge in [-0.05, 0) is 83.9 Å². The van der Waals surface area contributed by atoms with Crippen LogP contribution in [0, 0.1) is 5.92 Å². The number of Topliss-reactive ketones (excluding diaryl/α,β-unsaturated/α-hetero) is 1. The number of phenolic OH excluding ortho intramolecular Hbond substituents is 1. The number of phenols is 1. The second-order valence-corrected chi connectivity index (χ2v) is 10.6. The van der Waals surface area contributed by atoms with Crippen molar-refractivity contribution in [3.8, 4) is 11.5 Å². The molecule has 2 aromatic carbocycles. The van der Waals surface area contributed by atoms with Crippen molar-refractivity contribution in [2.24, 2.45) is 10.9 Å². The van der Waals surface area contributed by atoms with Crippen LogP contribution in [0.1, 0.15) is 63.0 Å². The number of allylic oxidation sites excluding steroid dienone is 2. The van der Waals surface area contributed by atoms with Gasteiger partial charge in [0.15, 0.2) is 17.3 Å². The predicted octanol–water partition coefficient (Wildman–Crippen LogP) is 6.73. The molecule has 0 spiro atoms. The highest BCUT2D eigenvalue weighted by atomic mass is 79.9. The van der Waals surface area contributed by atoms with Gasteiger partial charge in [0, 0.05) is 34.3 Å². The molecular formula is C28H29BrClNO5. The topological polar surface area (TPSA) is 85.2 Å². The van der Waals surface area contributed by atoms with Crippen LogP contribution in [-0.4, -0.2) is 35.8 Å². The van der Waals surface area contributed by atoms with Crippen molar-refractivity contribution < 1.29 is 24.2 Å². The first-order valence-corrected chi connectivity index (χ1v) is 13.1. The van der Waals surface area contributed by atoms with Gasteiger partial charge in [0.1, 0.15) is 5.92 Å². The van der Waals surface area contributed by atoms with E-state index in [1.54, 1.807) is 12.1 Å². The Labute approximate surface area is 224 Å². The van der Waals surface area contributed by atoms with E-state index in [9.17, 15) is 14.7 Å². The molecule has 2 aromatic rings. The standard InChI is InChI=1S/C28H29BrClNO5/c1-5-14(2)36-28(34)24-15(3)31-21-11-17(16-6-8-19(30)9-7-16)12-22(32)26(21)25(24)18-10-20(29)27(33)23(13-18)35-4/h6-10,13-14,17,24-25,33H,5,11-12H2,1-4H3/t14-,17-,24?,25-/m1/s1. The van der Waals surface area contributed by atoms with Gasteiger partial charge in [-0.25, -0.2) is 0 Å². The van der Waals surface area contributed by atoms with E-state index in [4.69, 9.17) is 26.1 Å². The number of carbonyl (C=O) groups is 2. The summed E-state index contributed by atoms with van der Waals surface area (Å²) < 4.78 is 11.5. The maximum Gasteiger partial charge on any atom is 0.315 e. The lowest BCUT2D eigenvalue weighted by Gasteiger charge is -2.37. The predicted molar refractivity (Wildman–Crippen MR) is 143 cm³/mol. The molecule has 6 nitrogen and oxygen atoms in total. The summed E-state index contributed by atoms with van der Waals surface area (Å²) in [4.78, 5) is 31.9. The molecule has 0 aromatic heterocycles. The number of aromatic hydroxyl groups is 1. The molecule has 0 amide bonds. The number of nitrogens with zero attached hydrogens (tertiary/aromatic N) is 1. The number of ether oxygens (including phenoxy) is 2. The first kappa shape index (κ1) is 26.4. The van der Waals surface area contributed by atoms with Crippen molar-refractivity contribution >= 4 is 45.0 Å². The zero-order chi connectivity index (χ0) is 26.1. The molecule has 1 heterocycles. The van der Waals surface area contributed by atoms with Crippen LogP contribution in [0.5, 0.6) is 11.5 Å². The Morgan fingerprint density at radius 2 is 1.92 bits per heavy atom. The molecule has 1 aliphatic heterocycles. The Morgan fingerprint density at radius 1 is 1.22 bits per heavy atom. The van der Waals surface area contributed by atoms with Crippen molar-refractivity contribution in [3.05, 3.63) is 68.3 Å². The highest BCUT2D eigenvalue weighted by Gasteiger charge is 2.45. The largest absolute Gasteiger partial charge is 0.503 e. The average molecular weight is 575 g/mol. The Bertz CT molecular complexity index is 1250. The van der Waals surface area contributed by atoms with Crippen molar-refractivity contribution in [2.45, 2.75) is 58.0 Å². The van der Waals surface area contributed by atoms with Crippen LogP contribution in [0.2, 0.25) is 5.02 Å². The summed E-state index contributed by atoms with van der Waals surface area (Å²) in [5.74, 6) is -1.69. The fraction of sp³-hybridized carbons (Fsp3) is 0.393. The third-order valence-corrected chi connectivity index (χ3v) is 7.86. The minimum atomic E-state index is -0.769. The first-order valence-electron chi connectivity index (χ1n) is 12.0. The molecule has 0 radical (unpaired) electrons. The Morgan fingerprint density at radius 3 is 2.56 bits per heavy atom. The van der Waals surface area contributed by atoms with Crippen LogP contribution in [-0.2, 0) is 14.3 Å². The maximum atomic E-state index is 13.7. The smallest absolute Gasteiger partial charge is 0.315 e. The Hall–Kier alpha value is -2.64. The van der Waals surface area contributed by atoms with Crippen LogP contribution in [0.4, 0.5) is 0 Å². The van der Waals surface area contributed by atoms with Gasteiger partial charge >= 0.3 is 5.97 Å². The quantitative estimate of drug-likeness (QED) is 0.387. The van der Waals surface area contributed by atoms with Crippen LogP contribution < -0.4 is 4.74 Å². The van der Waals surface area contributed by atoms with E-state index in [0.717, 1.165) is 5.56 Å². The molecule has 190 valence electrons. The molecule has 4 atom stereocenters. The maximum absolute atomic E-state index is 13.7. The lowest BCUT2D eigenvalue weighted by molar-refractivity contribution is -0.151. The fourth-order valence-corrected chi connectivity index (χ4v) is 5.57. The van der Waals surface area contributed by atoms with Crippen molar-refractivity contribution in [2.75, 3.05) is 7.11 Å². The molecule has 1 aliphatic carbocycles. The highest BCUT2D eigenvalue weighted by Crippen LogP contribution is 2.49. The van der Waals surface area contributed by atoms with Crippen molar-refractivity contribution in [3.63, 3.8) is 0 Å². The number of halogens is 2. The number of hydrogen-bond acceptors (Lipinski definition) is 6. The fourth-order valence-electron chi connectivity index (χ4n) is 4.98. The van der Waals surface area contributed by atoms with E-state index >= 15 is 0 Å². The third-order valence-electron chi connectivity index (χ3n) is 7.01. The van der Waals surface area contributed by atoms with Crippen LogP contribution in [0.15, 0.2) is 57.1 Å². The first-order chi connectivity index (χ1) is 17.1. The number of esters is 1. The molecule has 1 unspecified atom stereocenters. The molecule has 0 saturated carbocycles. The molecule has 0 fully saturated rings. The summed E-state index contributed by atoms with van der Waals surface area (Å²) in [6.45, 7) is 5.60. The van der Waals surface area contributed by atoms with Crippen LogP contribution in [0.25, 0.3) is 0 Å². The second kappa shape index (κ2) is 10.8. The molecule has 4 rings (SSSR count). The number of aliphatic imine (C=N–C) groups is 1. The summed E-state index contributed by atoms with van der Waals surface area (Å²) >= 11 is 9.45. The SMILES string of the molecule is CC[C@@H](C)OC(=O)C1C(C)=NC2=C(C(=O)C[C@H](c3ccc(Cl)cc3)C2)[C@@H]1c1cc(Br)c(O)c(OC)c1. The summed E-state index contributed by atoms with van der Waals surface area (Å²) in [7, 11) is 1.46. The summed E-state index contributed by atoms with van der Waals surface area (Å²) in [5, 5.41) is 11.0. The van der Waals surface area contributed by atoms with Crippen molar-refractivity contribution in [1.82, 2.24) is 0 Å². The lowest BCUT2D eigenvalue weighted by atomic mass is 9.69. The average Bonchev–Trinajstić information content (AvgIpc) is 2.84. The van der Waals surface area contributed by atoms with Crippen molar-refractivity contribution in [1.29, 1.82) is 0 Å². The number of rotatable bonds is 6. The molecule has 2 aliphatic rings. The van der Waals surface area contributed by atoms with E-state index in [0.29, 0.717) is 51.3 Å². The normalized spacial score (nSPS) is 22.6. The summed E-state index contributed by atoms with van der Waals surface area (Å²) in [6.07, 6.45) is 1.28. The monoisotopic (exact) mass is 573 g/mol. The second-order valence-electron chi connectivity index (χ2n) is 9.36. The zero-order valence-electron chi connectivity index (χ0n) is 20.7. The number of hydrogen-bond donors (Lipinski definition) is 1. The van der Waals surface area contributed by atoms with E-state index in [-0.39, 0.29) is 29.3 Å². The highest BCUT2D eigenvalue weighted by molar-refractivity contribution is 9.10. The van der Waals surface area contributed by atoms with Gasteiger partial charge in [0.05, 0.1) is 17.7 Å². The van der Waals surface area contributed by atoms with Crippen LogP contribution in [0.3, 0.4) is 0 Å². The van der Waals surface area contributed by atoms with E-state index in [2.05, 4.69) is 15.9 Å². The summed E-state index contributed by atoms with van der Waals surface area (Å²) in [5.41, 5.74) is 3.50. The van der Waals surface area contributed by atoms with Gasteiger partial charge in [0.2, 0.25) is 0 Å². The zero-order valence-corrected chi connectivity index (χ0v) is 23.0. The molecule has 0 bridgehead atoms. The molecule has 1 N–H and O–H groups in total. The Kier molecular flexibility index (Phi) is 7.90. The summed E-state index contributed by atoms with van der Waals surface area (Å²) in [6, 6.07) is 10.9. The van der Waals surface area contributed by atoms with Gasteiger partial charge in [-0.1, -0.05) is 30.7 Å². The van der Waals surface area contributed by atoms with Gasteiger partial charge in [0.25, 0.3) is 0 Å². The third kappa shape index (κ3) is 5.09. The van der Waals surface area contributed by atoms with Crippen LogP contribution >= 0.6 is 27.5 Å². The van der Waals surface area contributed by atoms with E-state index in [1.165, 1.54) is 7.11 Å².